The Kier molecular flexibility index (Phi) is 3.08. The Bertz CT molecular complexity index is 977. The van der Waals surface area contributed by atoms with Gasteiger partial charge >= 0.3 is 0 Å². The standard InChI is InChI=1S/C17H14N4O2/c1-22-13-5-3-4-10-6-11(7-14(23-2)15(10)13)16-20-12-8-18-9-19-17(12)21-16/h3-9H,1-2H3,(H,18,19,20,21). The van der Waals surface area contributed by atoms with Crippen LogP contribution in [-0.4, -0.2) is 34.2 Å². The predicted octanol–water partition coefficient (Wildman–Crippen LogP) is 3.19. The van der Waals surface area contributed by atoms with E-state index in [9.17, 15) is 0 Å². The van der Waals surface area contributed by atoms with Crippen LogP contribution in [0.5, 0.6) is 11.5 Å². The van der Waals surface area contributed by atoms with Gasteiger partial charge in [-0.1, -0.05) is 12.1 Å². The van der Waals surface area contributed by atoms with E-state index < -0.39 is 0 Å². The second-order valence-corrected chi connectivity index (χ2v) is 5.08. The number of hydrogen-bond acceptors (Lipinski definition) is 5. The van der Waals surface area contributed by atoms with Gasteiger partial charge in [-0.25, -0.2) is 15.0 Å². The Morgan fingerprint density at radius 1 is 1.04 bits per heavy atom. The fraction of sp³-hybridized carbons (Fsp3) is 0.118. The van der Waals surface area contributed by atoms with Crippen LogP contribution in [0, 0.1) is 0 Å². The van der Waals surface area contributed by atoms with Crippen molar-refractivity contribution in [2.45, 2.75) is 0 Å². The molecule has 4 rings (SSSR count). The van der Waals surface area contributed by atoms with E-state index in [0.29, 0.717) is 5.65 Å². The molecule has 0 saturated heterocycles. The minimum absolute atomic E-state index is 0.708. The van der Waals surface area contributed by atoms with Crippen LogP contribution in [0.1, 0.15) is 0 Å². The van der Waals surface area contributed by atoms with Crippen molar-refractivity contribution in [1.82, 2.24) is 19.9 Å². The van der Waals surface area contributed by atoms with E-state index in [0.717, 1.165) is 39.2 Å². The third-order valence-electron chi connectivity index (χ3n) is 3.78. The van der Waals surface area contributed by atoms with Crippen LogP contribution in [-0.2, 0) is 0 Å². The molecule has 0 atom stereocenters. The molecule has 0 aliphatic heterocycles. The Labute approximate surface area is 132 Å². The summed E-state index contributed by atoms with van der Waals surface area (Å²) in [7, 11) is 3.30. The summed E-state index contributed by atoms with van der Waals surface area (Å²) in [5.74, 6) is 2.24. The summed E-state index contributed by atoms with van der Waals surface area (Å²) in [6.07, 6.45) is 3.18. The normalized spacial score (nSPS) is 11.0. The van der Waals surface area contributed by atoms with Gasteiger partial charge in [0, 0.05) is 5.56 Å². The van der Waals surface area contributed by atoms with Crippen molar-refractivity contribution < 1.29 is 9.47 Å². The number of hydrogen-bond donors (Lipinski definition) is 1. The number of aromatic amines is 1. The van der Waals surface area contributed by atoms with Gasteiger partial charge in [0.2, 0.25) is 0 Å². The van der Waals surface area contributed by atoms with E-state index >= 15 is 0 Å². The lowest BCUT2D eigenvalue weighted by Gasteiger charge is -2.11. The van der Waals surface area contributed by atoms with Crippen molar-refractivity contribution in [1.29, 1.82) is 0 Å². The number of rotatable bonds is 3. The topological polar surface area (TPSA) is 72.9 Å². The second-order valence-electron chi connectivity index (χ2n) is 5.08. The van der Waals surface area contributed by atoms with Gasteiger partial charge in [0.1, 0.15) is 29.2 Å². The highest BCUT2D eigenvalue weighted by molar-refractivity contribution is 5.97. The molecule has 23 heavy (non-hydrogen) atoms. The molecule has 0 saturated carbocycles. The number of nitrogens with zero attached hydrogens (tertiary/aromatic N) is 3. The van der Waals surface area contributed by atoms with Crippen LogP contribution in [0.2, 0.25) is 0 Å². The molecule has 6 heteroatoms. The number of nitrogens with one attached hydrogen (secondary N) is 1. The van der Waals surface area contributed by atoms with Gasteiger partial charge < -0.3 is 14.5 Å². The molecule has 0 bridgehead atoms. The number of benzene rings is 2. The summed E-state index contributed by atoms with van der Waals surface area (Å²) in [5.41, 5.74) is 2.35. The summed E-state index contributed by atoms with van der Waals surface area (Å²) in [4.78, 5) is 15.9. The van der Waals surface area contributed by atoms with Crippen LogP contribution in [0.4, 0.5) is 0 Å². The molecule has 6 nitrogen and oxygen atoms in total. The van der Waals surface area contributed by atoms with Crippen LogP contribution < -0.4 is 9.47 Å². The second kappa shape index (κ2) is 5.24. The fourth-order valence-electron chi connectivity index (χ4n) is 2.72. The number of ether oxygens (including phenoxy) is 2. The predicted molar refractivity (Wildman–Crippen MR) is 87.7 cm³/mol. The highest BCUT2D eigenvalue weighted by Gasteiger charge is 2.13. The minimum atomic E-state index is 0.708. The smallest absolute Gasteiger partial charge is 0.161 e. The number of H-pyrrole nitrogens is 1. The Balaban J connectivity index is 1.97. The first kappa shape index (κ1) is 13.5. The van der Waals surface area contributed by atoms with Gasteiger partial charge in [-0.3, -0.25) is 0 Å². The SMILES string of the molecule is COc1cccc2cc(-c3nc4cncnc4[nH]3)cc(OC)c12. The zero-order chi connectivity index (χ0) is 15.8. The summed E-state index contributed by atoms with van der Waals surface area (Å²) in [5, 5.41) is 1.96. The van der Waals surface area contributed by atoms with Crippen molar-refractivity contribution in [2.75, 3.05) is 14.2 Å². The molecule has 2 heterocycles. The first-order chi connectivity index (χ1) is 11.3. The van der Waals surface area contributed by atoms with E-state index in [2.05, 4.69) is 19.9 Å². The highest BCUT2D eigenvalue weighted by atomic mass is 16.5. The van der Waals surface area contributed by atoms with E-state index in [4.69, 9.17) is 9.47 Å². The zero-order valence-electron chi connectivity index (χ0n) is 12.7. The molecule has 0 aliphatic carbocycles. The zero-order valence-corrected chi connectivity index (χ0v) is 12.7. The number of imidazole rings is 1. The summed E-state index contributed by atoms with van der Waals surface area (Å²) >= 11 is 0. The molecular weight excluding hydrogens is 292 g/mol. The molecular formula is C17H14N4O2. The minimum Gasteiger partial charge on any atom is -0.496 e. The van der Waals surface area contributed by atoms with Crippen LogP contribution in [0.25, 0.3) is 33.3 Å². The lowest BCUT2D eigenvalue weighted by molar-refractivity contribution is 0.405. The molecule has 0 unspecified atom stereocenters. The average Bonchev–Trinajstić information content (AvgIpc) is 3.04. The maximum Gasteiger partial charge on any atom is 0.161 e. The lowest BCUT2D eigenvalue weighted by Crippen LogP contribution is -1.91. The van der Waals surface area contributed by atoms with Gasteiger partial charge in [0.05, 0.1) is 25.8 Å². The summed E-state index contributed by atoms with van der Waals surface area (Å²) < 4.78 is 11.0. The van der Waals surface area contributed by atoms with Gasteiger partial charge in [0.15, 0.2) is 5.65 Å². The van der Waals surface area contributed by atoms with Crippen molar-refractivity contribution in [2.24, 2.45) is 0 Å². The Morgan fingerprint density at radius 3 is 2.70 bits per heavy atom. The molecule has 0 fully saturated rings. The van der Waals surface area contributed by atoms with Crippen molar-refractivity contribution in [3.63, 3.8) is 0 Å². The third-order valence-corrected chi connectivity index (χ3v) is 3.78. The number of methoxy groups -OCH3 is 2. The molecule has 1 N–H and O–H groups in total. The third kappa shape index (κ3) is 2.15. The number of fused-ring (bicyclic) bond motifs is 2. The van der Waals surface area contributed by atoms with Gasteiger partial charge in [-0.15, -0.1) is 0 Å². The van der Waals surface area contributed by atoms with Crippen molar-refractivity contribution in [3.05, 3.63) is 42.9 Å². The maximum atomic E-state index is 5.56. The first-order valence-electron chi connectivity index (χ1n) is 7.11. The average molecular weight is 306 g/mol. The Hall–Kier alpha value is -3.15. The quantitative estimate of drug-likeness (QED) is 0.629. The largest absolute Gasteiger partial charge is 0.496 e. The van der Waals surface area contributed by atoms with E-state index in [1.807, 2.05) is 30.3 Å². The molecule has 0 spiro atoms. The van der Waals surface area contributed by atoms with E-state index in [1.165, 1.54) is 6.33 Å². The molecule has 114 valence electrons. The number of aromatic nitrogens is 4. The van der Waals surface area contributed by atoms with Gasteiger partial charge in [-0.05, 0) is 23.6 Å². The lowest BCUT2D eigenvalue weighted by atomic mass is 10.0. The van der Waals surface area contributed by atoms with Gasteiger partial charge in [-0.2, -0.15) is 0 Å². The molecule has 2 aromatic carbocycles. The maximum absolute atomic E-state index is 5.56. The van der Waals surface area contributed by atoms with Gasteiger partial charge in [0.25, 0.3) is 0 Å². The molecule has 0 radical (unpaired) electrons. The van der Waals surface area contributed by atoms with Crippen molar-refractivity contribution in [3.8, 4) is 22.9 Å². The molecule has 2 aromatic heterocycles. The molecule has 4 aromatic rings. The monoisotopic (exact) mass is 306 g/mol. The van der Waals surface area contributed by atoms with E-state index in [-0.39, 0.29) is 0 Å². The van der Waals surface area contributed by atoms with Crippen LogP contribution in [0.15, 0.2) is 42.9 Å². The summed E-state index contributed by atoms with van der Waals surface area (Å²) in [6.45, 7) is 0. The Morgan fingerprint density at radius 2 is 1.91 bits per heavy atom. The first-order valence-corrected chi connectivity index (χ1v) is 7.11. The van der Waals surface area contributed by atoms with Crippen molar-refractivity contribution >= 4 is 21.9 Å². The summed E-state index contributed by atoms with van der Waals surface area (Å²) in [6, 6.07) is 9.88. The van der Waals surface area contributed by atoms with Crippen LogP contribution >= 0.6 is 0 Å². The molecule has 0 aliphatic rings. The highest BCUT2D eigenvalue weighted by Crippen LogP contribution is 2.37. The fourth-order valence-corrected chi connectivity index (χ4v) is 2.72. The molecule has 0 amide bonds. The van der Waals surface area contributed by atoms with Crippen LogP contribution in [0.3, 0.4) is 0 Å². The van der Waals surface area contributed by atoms with E-state index in [1.54, 1.807) is 20.4 Å².